The van der Waals surface area contributed by atoms with Crippen LogP contribution in [0.2, 0.25) is 0 Å². The molecule has 2 aliphatic rings. The van der Waals surface area contributed by atoms with E-state index in [9.17, 15) is 0 Å². The molecule has 52 valence electrons. The topological polar surface area (TPSA) is 35.2 Å². The third kappa shape index (κ3) is 0.775. The molecule has 0 amide bonds. The van der Waals surface area contributed by atoms with Gasteiger partial charge in [0.2, 0.25) is 0 Å². The summed E-state index contributed by atoms with van der Waals surface area (Å²) in [5, 5.41) is 0. The van der Waals surface area contributed by atoms with Gasteiger partial charge < -0.3 is 10.5 Å². The highest BCUT2D eigenvalue weighted by atomic mass is 16.5. The molecular weight excluding hydrogens is 114 g/mol. The summed E-state index contributed by atoms with van der Waals surface area (Å²) >= 11 is 0. The number of nitrogens with two attached hydrogens (primary N) is 1. The first-order chi connectivity index (χ1) is 4.43. The van der Waals surface area contributed by atoms with Gasteiger partial charge in [0.25, 0.3) is 0 Å². The average Bonchev–Trinajstić information content (AvgIpc) is 2.60. The molecule has 2 N–H and O–H groups in total. The molecule has 2 rings (SSSR count). The van der Waals surface area contributed by atoms with Crippen LogP contribution < -0.4 is 5.73 Å². The molecule has 0 aromatic carbocycles. The Hall–Kier alpha value is -0.0800. The van der Waals surface area contributed by atoms with Crippen LogP contribution in [0.3, 0.4) is 0 Å². The highest BCUT2D eigenvalue weighted by Gasteiger charge is 2.51. The quantitative estimate of drug-likeness (QED) is 0.552. The van der Waals surface area contributed by atoms with Crippen molar-refractivity contribution >= 4 is 0 Å². The number of ether oxygens (including phenoxy) is 1. The maximum absolute atomic E-state index is 5.51. The second-order valence-corrected chi connectivity index (χ2v) is 3.04. The minimum Gasteiger partial charge on any atom is -0.378 e. The van der Waals surface area contributed by atoms with Crippen molar-refractivity contribution in [2.75, 3.05) is 13.2 Å². The van der Waals surface area contributed by atoms with E-state index in [4.69, 9.17) is 10.5 Å². The van der Waals surface area contributed by atoms with E-state index in [0.29, 0.717) is 12.0 Å². The summed E-state index contributed by atoms with van der Waals surface area (Å²) in [7, 11) is 0. The monoisotopic (exact) mass is 127 g/mol. The van der Waals surface area contributed by atoms with Crippen LogP contribution in [0.1, 0.15) is 12.8 Å². The molecule has 2 nitrogen and oxygen atoms in total. The molecule has 1 saturated heterocycles. The SMILES string of the molecule is NC[C@H]1[C@@H]2CCCO[C@H]12. The van der Waals surface area contributed by atoms with Crippen molar-refractivity contribution in [3.8, 4) is 0 Å². The van der Waals surface area contributed by atoms with Crippen LogP contribution in [0.5, 0.6) is 0 Å². The van der Waals surface area contributed by atoms with Crippen molar-refractivity contribution in [1.82, 2.24) is 0 Å². The van der Waals surface area contributed by atoms with Crippen LogP contribution in [0.25, 0.3) is 0 Å². The number of fused-ring (bicyclic) bond motifs is 1. The average molecular weight is 127 g/mol. The van der Waals surface area contributed by atoms with E-state index in [-0.39, 0.29) is 0 Å². The fraction of sp³-hybridized carbons (Fsp3) is 1.00. The fourth-order valence-electron chi connectivity index (χ4n) is 1.88. The molecule has 1 aliphatic carbocycles. The summed E-state index contributed by atoms with van der Waals surface area (Å²) in [5.41, 5.74) is 5.51. The lowest BCUT2D eigenvalue weighted by Crippen LogP contribution is -2.07. The predicted molar refractivity (Wildman–Crippen MR) is 35.0 cm³/mol. The Morgan fingerprint density at radius 3 is 3.00 bits per heavy atom. The lowest BCUT2D eigenvalue weighted by molar-refractivity contribution is 0.0757. The van der Waals surface area contributed by atoms with E-state index in [2.05, 4.69) is 0 Å². The standard InChI is InChI=1S/C7H13NO/c8-4-6-5-2-1-3-9-7(5)6/h5-7H,1-4,8H2/t5-,6-,7-/m0/s1. The van der Waals surface area contributed by atoms with Gasteiger partial charge in [-0.05, 0) is 25.3 Å². The van der Waals surface area contributed by atoms with E-state index >= 15 is 0 Å². The van der Waals surface area contributed by atoms with E-state index in [1.54, 1.807) is 0 Å². The Balaban J connectivity index is 1.91. The Bertz CT molecular complexity index is 96.7. The van der Waals surface area contributed by atoms with Crippen molar-refractivity contribution < 1.29 is 4.74 Å². The Morgan fingerprint density at radius 2 is 2.44 bits per heavy atom. The summed E-state index contributed by atoms with van der Waals surface area (Å²) in [4.78, 5) is 0. The van der Waals surface area contributed by atoms with Gasteiger partial charge in [-0.3, -0.25) is 0 Å². The molecule has 1 heterocycles. The van der Waals surface area contributed by atoms with Crippen LogP contribution >= 0.6 is 0 Å². The van der Waals surface area contributed by atoms with Crippen molar-refractivity contribution in [2.45, 2.75) is 18.9 Å². The molecule has 1 saturated carbocycles. The molecule has 0 spiro atoms. The smallest absolute Gasteiger partial charge is 0.0651 e. The highest BCUT2D eigenvalue weighted by Crippen LogP contribution is 2.46. The molecule has 0 unspecified atom stereocenters. The van der Waals surface area contributed by atoms with E-state index < -0.39 is 0 Å². The third-order valence-corrected chi connectivity index (χ3v) is 2.52. The lowest BCUT2D eigenvalue weighted by Gasteiger charge is -2.07. The van der Waals surface area contributed by atoms with Gasteiger partial charge in [0.1, 0.15) is 0 Å². The Morgan fingerprint density at radius 1 is 1.56 bits per heavy atom. The summed E-state index contributed by atoms with van der Waals surface area (Å²) in [6.07, 6.45) is 3.16. The minimum atomic E-state index is 0.559. The van der Waals surface area contributed by atoms with Crippen LogP contribution in [0.4, 0.5) is 0 Å². The van der Waals surface area contributed by atoms with Crippen LogP contribution in [-0.2, 0) is 4.74 Å². The summed E-state index contributed by atoms with van der Waals surface area (Å²) < 4.78 is 5.48. The molecule has 2 fully saturated rings. The summed E-state index contributed by atoms with van der Waals surface area (Å²) in [6.45, 7) is 1.80. The van der Waals surface area contributed by atoms with Gasteiger partial charge in [-0.2, -0.15) is 0 Å². The second-order valence-electron chi connectivity index (χ2n) is 3.04. The van der Waals surface area contributed by atoms with Crippen molar-refractivity contribution in [3.05, 3.63) is 0 Å². The molecule has 0 radical (unpaired) electrons. The zero-order valence-corrected chi connectivity index (χ0v) is 5.55. The van der Waals surface area contributed by atoms with Gasteiger partial charge in [-0.15, -0.1) is 0 Å². The van der Waals surface area contributed by atoms with Crippen LogP contribution in [0.15, 0.2) is 0 Å². The lowest BCUT2D eigenvalue weighted by atomic mass is 10.2. The van der Waals surface area contributed by atoms with Gasteiger partial charge >= 0.3 is 0 Å². The maximum atomic E-state index is 5.51. The number of hydrogen-bond acceptors (Lipinski definition) is 2. The van der Waals surface area contributed by atoms with Gasteiger partial charge in [-0.25, -0.2) is 0 Å². The first-order valence-electron chi connectivity index (χ1n) is 3.75. The first kappa shape index (κ1) is 5.69. The van der Waals surface area contributed by atoms with E-state index in [0.717, 1.165) is 19.1 Å². The van der Waals surface area contributed by atoms with Crippen LogP contribution in [0, 0.1) is 11.8 Å². The van der Waals surface area contributed by atoms with Gasteiger partial charge in [-0.1, -0.05) is 0 Å². The number of hydrogen-bond donors (Lipinski definition) is 1. The Kier molecular flexibility index (Phi) is 1.24. The zero-order valence-electron chi connectivity index (χ0n) is 5.55. The van der Waals surface area contributed by atoms with Crippen molar-refractivity contribution in [2.24, 2.45) is 17.6 Å². The minimum absolute atomic E-state index is 0.559. The molecule has 3 atom stereocenters. The molecule has 0 aromatic rings. The fourth-order valence-corrected chi connectivity index (χ4v) is 1.88. The second kappa shape index (κ2) is 1.96. The van der Waals surface area contributed by atoms with Crippen molar-refractivity contribution in [1.29, 1.82) is 0 Å². The molecule has 0 bridgehead atoms. The zero-order chi connectivity index (χ0) is 6.27. The number of rotatable bonds is 1. The van der Waals surface area contributed by atoms with Gasteiger partial charge in [0, 0.05) is 12.5 Å². The molecule has 2 heteroatoms. The highest BCUT2D eigenvalue weighted by molar-refractivity contribution is 5.00. The molecule has 0 aromatic heterocycles. The van der Waals surface area contributed by atoms with Gasteiger partial charge in [0.05, 0.1) is 6.10 Å². The molecule has 1 aliphatic heterocycles. The normalized spacial score (nSPS) is 48.3. The molecule has 9 heavy (non-hydrogen) atoms. The summed E-state index contributed by atoms with van der Waals surface area (Å²) in [6, 6.07) is 0. The summed E-state index contributed by atoms with van der Waals surface area (Å²) in [5.74, 6) is 1.55. The Labute approximate surface area is 55.4 Å². The predicted octanol–water partition coefficient (Wildman–Crippen LogP) is 0.370. The van der Waals surface area contributed by atoms with Crippen LogP contribution in [-0.4, -0.2) is 19.3 Å². The largest absolute Gasteiger partial charge is 0.378 e. The van der Waals surface area contributed by atoms with E-state index in [1.807, 2.05) is 0 Å². The van der Waals surface area contributed by atoms with E-state index in [1.165, 1.54) is 12.8 Å². The van der Waals surface area contributed by atoms with Gasteiger partial charge in [0.15, 0.2) is 0 Å². The van der Waals surface area contributed by atoms with Crippen molar-refractivity contribution in [3.63, 3.8) is 0 Å². The third-order valence-electron chi connectivity index (χ3n) is 2.52. The maximum Gasteiger partial charge on any atom is 0.0651 e. The molecular formula is C7H13NO. The first-order valence-corrected chi connectivity index (χ1v) is 3.75.